The molecule has 0 aromatic heterocycles. The highest BCUT2D eigenvalue weighted by atomic mass is 32.2. The summed E-state index contributed by atoms with van der Waals surface area (Å²) >= 11 is 0. The van der Waals surface area contributed by atoms with Crippen LogP contribution in [0.4, 0.5) is 5.69 Å². The fourth-order valence-corrected chi connectivity index (χ4v) is 4.00. The lowest BCUT2D eigenvalue weighted by atomic mass is 9.83. The predicted molar refractivity (Wildman–Crippen MR) is 85.4 cm³/mol. The molecule has 1 amide bonds. The van der Waals surface area contributed by atoms with Crippen LogP contribution in [-0.2, 0) is 15.8 Å². The van der Waals surface area contributed by atoms with Gasteiger partial charge >= 0.3 is 0 Å². The van der Waals surface area contributed by atoms with Crippen LogP contribution in [0.5, 0.6) is 0 Å². The quantitative estimate of drug-likeness (QED) is 0.626. The predicted octanol–water partition coefficient (Wildman–Crippen LogP) is 2.49. The number of anilines is 1. The first-order valence-corrected chi connectivity index (χ1v) is 7.88. The SMILES string of the molecule is CN(c1ccccc1)S(=O)C(C)(C)CC(C)(C)C(=O)NO. The molecule has 2 N–H and O–H groups in total. The molecule has 0 aliphatic carbocycles. The Morgan fingerprint density at radius 2 is 1.76 bits per heavy atom. The maximum absolute atomic E-state index is 12.8. The third-order valence-electron chi connectivity index (χ3n) is 3.43. The summed E-state index contributed by atoms with van der Waals surface area (Å²) in [4.78, 5) is 11.7. The van der Waals surface area contributed by atoms with E-state index in [1.807, 2.05) is 44.2 Å². The number of hydrogen-bond acceptors (Lipinski definition) is 3. The number of nitrogens with zero attached hydrogens (tertiary/aromatic N) is 1. The fourth-order valence-electron chi connectivity index (χ4n) is 2.46. The Morgan fingerprint density at radius 1 is 1.24 bits per heavy atom. The van der Waals surface area contributed by atoms with Crippen molar-refractivity contribution < 1.29 is 14.2 Å². The highest BCUT2D eigenvalue weighted by Crippen LogP contribution is 2.33. The van der Waals surface area contributed by atoms with Crippen molar-refractivity contribution in [2.45, 2.75) is 38.9 Å². The van der Waals surface area contributed by atoms with E-state index in [4.69, 9.17) is 5.21 Å². The van der Waals surface area contributed by atoms with Gasteiger partial charge in [0.15, 0.2) is 0 Å². The zero-order valence-corrected chi connectivity index (χ0v) is 14.0. The van der Waals surface area contributed by atoms with Gasteiger partial charge in [-0.2, -0.15) is 0 Å². The summed E-state index contributed by atoms with van der Waals surface area (Å²) in [5.74, 6) is -0.477. The Kier molecular flexibility index (Phi) is 5.53. The van der Waals surface area contributed by atoms with Gasteiger partial charge in [-0.15, -0.1) is 0 Å². The molecule has 6 heteroatoms. The Hall–Kier alpha value is -1.40. The van der Waals surface area contributed by atoms with E-state index in [9.17, 15) is 9.00 Å². The zero-order chi connectivity index (χ0) is 16.3. The van der Waals surface area contributed by atoms with Crippen LogP contribution in [0.25, 0.3) is 0 Å². The highest BCUT2D eigenvalue weighted by Gasteiger charge is 2.39. The van der Waals surface area contributed by atoms with Gasteiger partial charge in [0.1, 0.15) is 11.0 Å². The Morgan fingerprint density at radius 3 is 2.24 bits per heavy atom. The molecule has 0 aliphatic rings. The van der Waals surface area contributed by atoms with E-state index in [1.165, 1.54) is 0 Å². The lowest BCUT2D eigenvalue weighted by Crippen LogP contribution is -2.45. The van der Waals surface area contributed by atoms with Gasteiger partial charge in [0.05, 0.1) is 4.75 Å². The molecule has 0 fully saturated rings. The van der Waals surface area contributed by atoms with Crippen LogP contribution in [0.1, 0.15) is 34.1 Å². The van der Waals surface area contributed by atoms with Gasteiger partial charge in [0.2, 0.25) is 5.91 Å². The number of carbonyl (C=O) groups excluding carboxylic acids is 1. The molecular weight excluding hydrogens is 288 g/mol. The summed E-state index contributed by atoms with van der Waals surface area (Å²) in [6, 6.07) is 9.46. The average Bonchev–Trinajstić information content (AvgIpc) is 2.44. The summed E-state index contributed by atoms with van der Waals surface area (Å²) in [5.41, 5.74) is 1.72. The molecule has 0 aliphatic heterocycles. The smallest absolute Gasteiger partial charge is 0.249 e. The minimum atomic E-state index is -1.32. The summed E-state index contributed by atoms with van der Waals surface area (Å²) in [6.07, 6.45) is 0.371. The number of carbonyl (C=O) groups is 1. The molecular formula is C15H24N2O3S. The number of hydrogen-bond donors (Lipinski definition) is 2. The number of nitrogens with one attached hydrogen (secondary N) is 1. The van der Waals surface area contributed by atoms with Crippen LogP contribution in [0, 0.1) is 5.41 Å². The van der Waals surface area contributed by atoms with E-state index in [0.29, 0.717) is 6.42 Å². The molecule has 1 aromatic carbocycles. The number of rotatable bonds is 6. The molecule has 118 valence electrons. The van der Waals surface area contributed by atoms with E-state index < -0.39 is 27.1 Å². The largest absolute Gasteiger partial charge is 0.294 e. The summed E-state index contributed by atoms with van der Waals surface area (Å²) < 4.78 is 13.9. The lowest BCUT2D eigenvalue weighted by molar-refractivity contribution is -0.138. The Bertz CT molecular complexity index is 515. The molecule has 0 bridgehead atoms. The maximum atomic E-state index is 12.8. The van der Waals surface area contributed by atoms with E-state index in [1.54, 1.807) is 30.7 Å². The molecule has 0 heterocycles. The van der Waals surface area contributed by atoms with Crippen molar-refractivity contribution in [1.29, 1.82) is 0 Å². The molecule has 21 heavy (non-hydrogen) atoms. The van der Waals surface area contributed by atoms with Crippen LogP contribution in [0.2, 0.25) is 0 Å². The van der Waals surface area contributed by atoms with Gasteiger partial charge < -0.3 is 0 Å². The van der Waals surface area contributed by atoms with E-state index >= 15 is 0 Å². The molecule has 1 aromatic rings. The summed E-state index contributed by atoms with van der Waals surface area (Å²) in [5, 5.41) is 8.81. The highest BCUT2D eigenvalue weighted by molar-refractivity contribution is 7.87. The third-order valence-corrected chi connectivity index (χ3v) is 5.22. The van der Waals surface area contributed by atoms with Crippen molar-refractivity contribution in [3.05, 3.63) is 30.3 Å². The van der Waals surface area contributed by atoms with Crippen molar-refractivity contribution >= 4 is 22.6 Å². The molecule has 0 radical (unpaired) electrons. The minimum absolute atomic E-state index is 0.371. The third kappa shape index (κ3) is 4.28. The Labute approximate surface area is 128 Å². The van der Waals surface area contributed by atoms with E-state index in [-0.39, 0.29) is 0 Å². The van der Waals surface area contributed by atoms with Gasteiger partial charge in [0, 0.05) is 18.2 Å². The van der Waals surface area contributed by atoms with Gasteiger partial charge in [-0.25, -0.2) is 9.69 Å². The van der Waals surface area contributed by atoms with Crippen molar-refractivity contribution in [3.8, 4) is 0 Å². The first kappa shape index (κ1) is 17.7. The van der Waals surface area contributed by atoms with Gasteiger partial charge in [-0.1, -0.05) is 32.0 Å². The average molecular weight is 312 g/mol. The second kappa shape index (κ2) is 6.58. The number of amides is 1. The molecule has 0 spiro atoms. The molecule has 0 saturated carbocycles. The normalized spacial score (nSPS) is 13.6. The van der Waals surface area contributed by atoms with E-state index in [2.05, 4.69) is 0 Å². The van der Waals surface area contributed by atoms with E-state index in [0.717, 1.165) is 5.69 Å². The van der Waals surface area contributed by atoms with Gasteiger partial charge in [-0.3, -0.25) is 14.3 Å². The topological polar surface area (TPSA) is 69.6 Å². The molecule has 0 saturated heterocycles. The van der Waals surface area contributed by atoms with Crippen molar-refractivity contribution in [1.82, 2.24) is 5.48 Å². The number of hydroxylamine groups is 1. The monoisotopic (exact) mass is 312 g/mol. The van der Waals surface area contributed by atoms with Crippen LogP contribution < -0.4 is 9.79 Å². The molecule has 1 atom stereocenters. The van der Waals surface area contributed by atoms with Crippen LogP contribution in [-0.4, -0.2) is 27.1 Å². The van der Waals surface area contributed by atoms with Gasteiger partial charge in [-0.05, 0) is 32.4 Å². The second-order valence-electron chi connectivity index (χ2n) is 6.34. The summed E-state index contributed by atoms with van der Waals surface area (Å²) in [6.45, 7) is 7.16. The maximum Gasteiger partial charge on any atom is 0.249 e. The number of benzene rings is 1. The van der Waals surface area contributed by atoms with Gasteiger partial charge in [0.25, 0.3) is 0 Å². The standard InChI is InChI=1S/C15H24N2O3S/c1-14(2,13(18)16-19)11-15(3,4)21(20)17(5)12-9-7-6-8-10-12/h6-10,19H,11H2,1-5H3,(H,16,18). The summed E-state index contributed by atoms with van der Waals surface area (Å²) in [7, 11) is 0.451. The fraction of sp³-hybridized carbons (Fsp3) is 0.533. The first-order valence-electron chi connectivity index (χ1n) is 6.77. The van der Waals surface area contributed by atoms with Crippen LogP contribution in [0.15, 0.2) is 30.3 Å². The first-order chi connectivity index (χ1) is 9.62. The van der Waals surface area contributed by atoms with Crippen molar-refractivity contribution in [3.63, 3.8) is 0 Å². The lowest BCUT2D eigenvalue weighted by Gasteiger charge is -2.35. The minimum Gasteiger partial charge on any atom is -0.294 e. The van der Waals surface area contributed by atoms with Crippen LogP contribution >= 0.6 is 0 Å². The Balaban J connectivity index is 2.92. The van der Waals surface area contributed by atoms with Crippen molar-refractivity contribution in [2.75, 3.05) is 11.4 Å². The molecule has 1 unspecified atom stereocenters. The molecule has 1 rings (SSSR count). The van der Waals surface area contributed by atoms with Crippen LogP contribution in [0.3, 0.4) is 0 Å². The van der Waals surface area contributed by atoms with Crippen molar-refractivity contribution in [2.24, 2.45) is 5.41 Å². The molecule has 5 nitrogen and oxygen atoms in total. The number of para-hydroxylation sites is 1. The second-order valence-corrected chi connectivity index (χ2v) is 8.49. The zero-order valence-electron chi connectivity index (χ0n) is 13.2.